The molecule has 0 atom stereocenters. The molecule has 1 heterocycles. The summed E-state index contributed by atoms with van der Waals surface area (Å²) in [7, 11) is 0. The van der Waals surface area contributed by atoms with Crippen molar-refractivity contribution in [2.45, 2.75) is 5.16 Å². The van der Waals surface area contributed by atoms with Gasteiger partial charge in [-0.05, 0) is 23.8 Å². The van der Waals surface area contributed by atoms with Crippen molar-refractivity contribution < 1.29 is 9.63 Å². The number of hydrogen-bond donors (Lipinski definition) is 0. The van der Waals surface area contributed by atoms with E-state index in [1.54, 1.807) is 18.5 Å². The topological polar surface area (TPSA) is 64.4 Å². The van der Waals surface area contributed by atoms with Gasteiger partial charge in [0.05, 0.1) is 6.21 Å². The van der Waals surface area contributed by atoms with Gasteiger partial charge in [-0.1, -0.05) is 45.0 Å². The highest BCUT2D eigenvalue weighted by Crippen LogP contribution is 2.11. The second-order valence-corrected chi connectivity index (χ2v) is 5.43. The van der Waals surface area contributed by atoms with Crippen molar-refractivity contribution in [2.24, 2.45) is 5.16 Å². The summed E-state index contributed by atoms with van der Waals surface area (Å²) in [5.74, 6) is -0.336. The molecular weight excluding hydrogens is 342 g/mol. The highest BCUT2D eigenvalue weighted by molar-refractivity contribution is 9.10. The Kier molecular flexibility index (Phi) is 5.69. The lowest BCUT2D eigenvalue weighted by atomic mass is 10.2. The number of aromatic nitrogens is 2. The largest absolute Gasteiger partial charge is 0.345 e. The van der Waals surface area contributed by atoms with E-state index in [-0.39, 0.29) is 5.75 Å². The van der Waals surface area contributed by atoms with Gasteiger partial charge >= 0.3 is 5.97 Å². The van der Waals surface area contributed by atoms with E-state index in [1.807, 2.05) is 24.3 Å². The van der Waals surface area contributed by atoms with Crippen molar-refractivity contribution in [2.75, 3.05) is 5.75 Å². The first-order valence-electron chi connectivity index (χ1n) is 5.62. The van der Waals surface area contributed by atoms with Crippen LogP contribution in [0.3, 0.4) is 0 Å². The number of thioether (sulfide) groups is 1. The third-order valence-electron chi connectivity index (χ3n) is 2.09. The van der Waals surface area contributed by atoms with Crippen LogP contribution in [0.4, 0.5) is 0 Å². The van der Waals surface area contributed by atoms with Crippen molar-refractivity contribution >= 4 is 39.9 Å². The molecule has 5 nitrogen and oxygen atoms in total. The number of carbonyl (C=O) groups excluding carboxylic acids is 1. The maximum absolute atomic E-state index is 11.4. The summed E-state index contributed by atoms with van der Waals surface area (Å²) in [5.41, 5.74) is 0.847. The zero-order chi connectivity index (χ0) is 14.2. The minimum Gasteiger partial charge on any atom is -0.317 e. The molecule has 0 amide bonds. The minimum atomic E-state index is -0.448. The molecule has 7 heteroatoms. The maximum Gasteiger partial charge on any atom is 0.345 e. The van der Waals surface area contributed by atoms with Gasteiger partial charge in [0.15, 0.2) is 5.16 Å². The Bertz CT molecular complexity index is 590. The van der Waals surface area contributed by atoms with E-state index >= 15 is 0 Å². The molecule has 0 fully saturated rings. The standard InChI is InChI=1S/C13H10BrN3O2S/c14-11-4-2-10(3-5-11)8-17-19-12(18)9-20-13-15-6-1-7-16-13/h1-8H,9H2/b17-8+. The molecule has 0 spiro atoms. The van der Waals surface area contributed by atoms with Crippen LogP contribution in [0.15, 0.2) is 57.5 Å². The first-order valence-corrected chi connectivity index (χ1v) is 7.40. The number of benzene rings is 1. The van der Waals surface area contributed by atoms with Gasteiger partial charge in [0.1, 0.15) is 5.75 Å². The molecule has 0 aliphatic carbocycles. The summed E-state index contributed by atoms with van der Waals surface area (Å²) >= 11 is 4.53. The van der Waals surface area contributed by atoms with Crippen LogP contribution in [-0.2, 0) is 9.63 Å². The SMILES string of the molecule is O=C(CSc1ncccn1)O/N=C/c1ccc(Br)cc1. The molecule has 2 rings (SSSR count). The lowest BCUT2D eigenvalue weighted by Gasteiger charge is -1.97. The van der Waals surface area contributed by atoms with Gasteiger partial charge in [0.25, 0.3) is 0 Å². The van der Waals surface area contributed by atoms with Crippen molar-refractivity contribution in [1.29, 1.82) is 0 Å². The molecule has 0 unspecified atom stereocenters. The lowest BCUT2D eigenvalue weighted by Crippen LogP contribution is -2.03. The molecule has 2 aromatic rings. The Hall–Kier alpha value is -1.73. The molecule has 102 valence electrons. The molecule has 0 saturated heterocycles. The van der Waals surface area contributed by atoms with Gasteiger partial charge in [-0.15, -0.1) is 0 Å². The Balaban J connectivity index is 1.76. The molecule has 0 bridgehead atoms. The quantitative estimate of drug-likeness (QED) is 0.272. The van der Waals surface area contributed by atoms with E-state index in [0.29, 0.717) is 5.16 Å². The Morgan fingerprint density at radius 2 is 2.00 bits per heavy atom. The Morgan fingerprint density at radius 3 is 2.70 bits per heavy atom. The molecule has 20 heavy (non-hydrogen) atoms. The smallest absolute Gasteiger partial charge is 0.317 e. The fourth-order valence-electron chi connectivity index (χ4n) is 1.20. The third kappa shape index (κ3) is 5.10. The molecule has 0 aliphatic rings. The monoisotopic (exact) mass is 351 g/mol. The van der Waals surface area contributed by atoms with Gasteiger partial charge in [-0.25, -0.2) is 14.8 Å². The Morgan fingerprint density at radius 1 is 1.30 bits per heavy atom. The van der Waals surface area contributed by atoms with Crippen LogP contribution in [0.2, 0.25) is 0 Å². The van der Waals surface area contributed by atoms with E-state index in [4.69, 9.17) is 4.84 Å². The highest BCUT2D eigenvalue weighted by Gasteiger charge is 2.05. The van der Waals surface area contributed by atoms with Gasteiger partial charge in [0.2, 0.25) is 0 Å². The number of halogens is 1. The molecule has 1 aromatic heterocycles. The molecule has 0 saturated carbocycles. The van der Waals surface area contributed by atoms with Crippen LogP contribution in [0, 0.1) is 0 Å². The van der Waals surface area contributed by atoms with Crippen LogP contribution in [0.1, 0.15) is 5.56 Å². The second kappa shape index (κ2) is 7.76. The summed E-state index contributed by atoms with van der Waals surface area (Å²) in [6.45, 7) is 0. The van der Waals surface area contributed by atoms with Crippen LogP contribution in [0.5, 0.6) is 0 Å². The molecule has 0 aliphatic heterocycles. The van der Waals surface area contributed by atoms with E-state index in [0.717, 1.165) is 10.0 Å². The van der Waals surface area contributed by atoms with Crippen LogP contribution < -0.4 is 0 Å². The number of carbonyl (C=O) groups is 1. The predicted octanol–water partition coefficient (Wildman–Crippen LogP) is 2.91. The van der Waals surface area contributed by atoms with E-state index in [9.17, 15) is 4.79 Å². The molecule has 0 N–H and O–H groups in total. The molecular formula is C13H10BrN3O2S. The zero-order valence-corrected chi connectivity index (χ0v) is 12.7. The van der Waals surface area contributed by atoms with Gasteiger partial charge in [-0.3, -0.25) is 0 Å². The van der Waals surface area contributed by atoms with Gasteiger partial charge < -0.3 is 4.84 Å². The van der Waals surface area contributed by atoms with Crippen molar-refractivity contribution in [3.63, 3.8) is 0 Å². The highest BCUT2D eigenvalue weighted by atomic mass is 79.9. The van der Waals surface area contributed by atoms with E-state index < -0.39 is 5.97 Å². The average Bonchev–Trinajstić information content (AvgIpc) is 2.48. The van der Waals surface area contributed by atoms with Crippen molar-refractivity contribution in [3.8, 4) is 0 Å². The van der Waals surface area contributed by atoms with Crippen molar-refractivity contribution in [1.82, 2.24) is 9.97 Å². The minimum absolute atomic E-state index is 0.113. The summed E-state index contributed by atoms with van der Waals surface area (Å²) in [4.78, 5) is 24.2. The maximum atomic E-state index is 11.4. The van der Waals surface area contributed by atoms with Gasteiger partial charge in [-0.2, -0.15) is 0 Å². The number of rotatable bonds is 5. The fourth-order valence-corrected chi connectivity index (χ4v) is 2.04. The number of nitrogens with zero attached hydrogens (tertiary/aromatic N) is 3. The molecule has 0 radical (unpaired) electrons. The summed E-state index contributed by atoms with van der Waals surface area (Å²) in [6, 6.07) is 9.18. The normalized spacial score (nSPS) is 10.7. The zero-order valence-electron chi connectivity index (χ0n) is 10.3. The number of hydrogen-bond acceptors (Lipinski definition) is 6. The van der Waals surface area contributed by atoms with E-state index in [1.165, 1.54) is 18.0 Å². The first-order chi connectivity index (χ1) is 9.74. The lowest BCUT2D eigenvalue weighted by molar-refractivity contribution is -0.140. The predicted molar refractivity (Wildman–Crippen MR) is 80.6 cm³/mol. The first kappa shape index (κ1) is 14.7. The van der Waals surface area contributed by atoms with Gasteiger partial charge in [0, 0.05) is 16.9 Å². The fraction of sp³-hybridized carbons (Fsp3) is 0.0769. The Labute approximate surface area is 128 Å². The van der Waals surface area contributed by atoms with E-state index in [2.05, 4.69) is 31.1 Å². The summed E-state index contributed by atoms with van der Waals surface area (Å²) in [5, 5.41) is 4.17. The third-order valence-corrected chi connectivity index (χ3v) is 3.47. The molecule has 1 aromatic carbocycles. The van der Waals surface area contributed by atoms with Crippen LogP contribution >= 0.6 is 27.7 Å². The summed E-state index contributed by atoms with van der Waals surface area (Å²) < 4.78 is 0.978. The number of oxime groups is 1. The van der Waals surface area contributed by atoms with Crippen molar-refractivity contribution in [3.05, 3.63) is 52.8 Å². The summed E-state index contributed by atoms with van der Waals surface area (Å²) in [6.07, 6.45) is 4.72. The average molecular weight is 352 g/mol. The van der Waals surface area contributed by atoms with Crippen LogP contribution in [-0.4, -0.2) is 27.9 Å². The van der Waals surface area contributed by atoms with Crippen LogP contribution in [0.25, 0.3) is 0 Å². The second-order valence-electron chi connectivity index (χ2n) is 3.57.